The van der Waals surface area contributed by atoms with Gasteiger partial charge in [-0.3, -0.25) is 0 Å². The van der Waals surface area contributed by atoms with Crippen LogP contribution in [0.5, 0.6) is 0 Å². The molecule has 0 radical (unpaired) electrons. The summed E-state index contributed by atoms with van der Waals surface area (Å²) in [5, 5.41) is 0. The summed E-state index contributed by atoms with van der Waals surface area (Å²) in [7, 11) is 0. The Kier molecular flexibility index (Phi) is 19.7. The third kappa shape index (κ3) is 20.3. The molecule has 0 spiro atoms. The molecule has 0 fully saturated rings. The first-order valence-corrected chi connectivity index (χ1v) is 12.3. The van der Waals surface area contributed by atoms with Crippen molar-refractivity contribution in [1.29, 1.82) is 0 Å². The molecule has 0 saturated carbocycles. The van der Waals surface area contributed by atoms with E-state index in [1.807, 2.05) is 0 Å². The molecule has 0 rings (SSSR count). The Morgan fingerprint density at radius 2 is 0.808 bits per heavy atom. The molecule has 0 aromatic heterocycles. The summed E-state index contributed by atoms with van der Waals surface area (Å²) in [5.74, 6) is 1.67. The van der Waals surface area contributed by atoms with E-state index >= 15 is 0 Å². The fourth-order valence-corrected chi connectivity index (χ4v) is 3.57. The smallest absolute Gasteiger partial charge is 0.00163 e. The van der Waals surface area contributed by atoms with Gasteiger partial charge in [0.25, 0.3) is 0 Å². The summed E-state index contributed by atoms with van der Waals surface area (Å²) in [6.45, 7) is 15.7. The Morgan fingerprint density at radius 3 is 1.15 bits per heavy atom. The van der Waals surface area contributed by atoms with E-state index in [0.717, 1.165) is 11.8 Å². The van der Waals surface area contributed by atoms with Crippen molar-refractivity contribution in [2.75, 3.05) is 19.6 Å². The minimum Gasteiger partial charge on any atom is -0.303 e. The molecular weight excluding hydrogens is 314 g/mol. The minimum atomic E-state index is 0.836. The fraction of sp³-hybridized carbons (Fsp3) is 1.00. The van der Waals surface area contributed by atoms with Crippen LogP contribution >= 0.6 is 0 Å². The van der Waals surface area contributed by atoms with E-state index in [1.165, 1.54) is 116 Å². The van der Waals surface area contributed by atoms with E-state index in [1.54, 1.807) is 0 Å². The molecule has 1 heteroatoms. The van der Waals surface area contributed by atoms with Crippen molar-refractivity contribution in [2.24, 2.45) is 11.8 Å². The topological polar surface area (TPSA) is 3.24 Å². The Balaban J connectivity index is 3.47. The Bertz CT molecular complexity index is 247. The SMILES string of the molecule is CCCCCCCCCCCCCCCN(CCC(C)C)CCC(C)C. The van der Waals surface area contributed by atoms with Crippen LogP contribution in [0.15, 0.2) is 0 Å². The van der Waals surface area contributed by atoms with Crippen LogP contribution in [0.4, 0.5) is 0 Å². The van der Waals surface area contributed by atoms with Crippen LogP contribution in [-0.4, -0.2) is 24.5 Å². The molecule has 158 valence electrons. The number of rotatable bonds is 20. The summed E-state index contributed by atoms with van der Waals surface area (Å²) < 4.78 is 0. The molecule has 0 aliphatic heterocycles. The second-order valence-corrected chi connectivity index (χ2v) is 9.45. The molecule has 0 aromatic carbocycles. The Hall–Kier alpha value is -0.0400. The highest BCUT2D eigenvalue weighted by Gasteiger charge is 2.07. The zero-order valence-corrected chi connectivity index (χ0v) is 19.3. The van der Waals surface area contributed by atoms with E-state index in [-0.39, 0.29) is 0 Å². The zero-order chi connectivity index (χ0) is 19.5. The van der Waals surface area contributed by atoms with Gasteiger partial charge in [0.05, 0.1) is 0 Å². The predicted octanol–water partition coefficient (Wildman–Crippen LogP) is 8.47. The average molecular weight is 368 g/mol. The normalized spacial score (nSPS) is 12.0. The van der Waals surface area contributed by atoms with E-state index in [2.05, 4.69) is 39.5 Å². The van der Waals surface area contributed by atoms with Crippen LogP contribution in [0, 0.1) is 11.8 Å². The van der Waals surface area contributed by atoms with Crippen molar-refractivity contribution in [1.82, 2.24) is 4.90 Å². The van der Waals surface area contributed by atoms with Crippen molar-refractivity contribution in [3.63, 3.8) is 0 Å². The molecule has 1 nitrogen and oxygen atoms in total. The van der Waals surface area contributed by atoms with Crippen molar-refractivity contribution >= 4 is 0 Å². The van der Waals surface area contributed by atoms with E-state index in [9.17, 15) is 0 Å². The van der Waals surface area contributed by atoms with Crippen molar-refractivity contribution in [3.05, 3.63) is 0 Å². The minimum absolute atomic E-state index is 0.836. The van der Waals surface area contributed by atoms with Gasteiger partial charge in [-0.25, -0.2) is 0 Å². The van der Waals surface area contributed by atoms with Gasteiger partial charge in [0.1, 0.15) is 0 Å². The lowest BCUT2D eigenvalue weighted by Crippen LogP contribution is -2.28. The molecule has 0 atom stereocenters. The van der Waals surface area contributed by atoms with Gasteiger partial charge in [0, 0.05) is 0 Å². The number of hydrogen-bond acceptors (Lipinski definition) is 1. The first-order chi connectivity index (χ1) is 12.6. The highest BCUT2D eigenvalue weighted by molar-refractivity contribution is 4.62. The Labute approximate surface area is 167 Å². The summed E-state index contributed by atoms with van der Waals surface area (Å²) in [5.41, 5.74) is 0. The molecule has 0 bridgehead atoms. The summed E-state index contributed by atoms with van der Waals surface area (Å²) in [6.07, 6.45) is 21.6. The fourth-order valence-electron chi connectivity index (χ4n) is 3.57. The molecule has 0 N–H and O–H groups in total. The third-order valence-corrected chi connectivity index (χ3v) is 5.62. The first-order valence-electron chi connectivity index (χ1n) is 12.3. The predicted molar refractivity (Wildman–Crippen MR) is 121 cm³/mol. The van der Waals surface area contributed by atoms with Gasteiger partial charge >= 0.3 is 0 Å². The van der Waals surface area contributed by atoms with Gasteiger partial charge in [-0.15, -0.1) is 0 Å². The Morgan fingerprint density at radius 1 is 0.462 bits per heavy atom. The molecule has 0 unspecified atom stereocenters. The third-order valence-electron chi connectivity index (χ3n) is 5.62. The van der Waals surface area contributed by atoms with Gasteiger partial charge in [-0.05, 0) is 50.7 Å². The lowest BCUT2D eigenvalue weighted by atomic mass is 10.0. The lowest BCUT2D eigenvalue weighted by molar-refractivity contribution is 0.238. The van der Waals surface area contributed by atoms with Crippen molar-refractivity contribution < 1.29 is 0 Å². The molecule has 0 aliphatic carbocycles. The van der Waals surface area contributed by atoms with Gasteiger partial charge in [-0.2, -0.15) is 0 Å². The molecular formula is C25H53N. The number of hydrogen-bond donors (Lipinski definition) is 0. The lowest BCUT2D eigenvalue weighted by Gasteiger charge is -2.24. The zero-order valence-electron chi connectivity index (χ0n) is 19.3. The monoisotopic (exact) mass is 367 g/mol. The van der Waals surface area contributed by atoms with E-state index in [0.29, 0.717) is 0 Å². The molecule has 0 heterocycles. The summed E-state index contributed by atoms with van der Waals surface area (Å²) >= 11 is 0. The van der Waals surface area contributed by atoms with Crippen LogP contribution in [0.25, 0.3) is 0 Å². The van der Waals surface area contributed by atoms with Gasteiger partial charge in [0.2, 0.25) is 0 Å². The second-order valence-electron chi connectivity index (χ2n) is 9.45. The van der Waals surface area contributed by atoms with Crippen LogP contribution in [0.1, 0.15) is 131 Å². The molecule has 26 heavy (non-hydrogen) atoms. The largest absolute Gasteiger partial charge is 0.303 e. The van der Waals surface area contributed by atoms with Crippen LogP contribution in [-0.2, 0) is 0 Å². The van der Waals surface area contributed by atoms with Crippen LogP contribution in [0.2, 0.25) is 0 Å². The maximum atomic E-state index is 2.73. The second kappa shape index (κ2) is 19.7. The molecule has 0 saturated heterocycles. The average Bonchev–Trinajstić information content (AvgIpc) is 2.60. The number of nitrogens with zero attached hydrogens (tertiary/aromatic N) is 1. The summed E-state index contributed by atoms with van der Waals surface area (Å²) in [4.78, 5) is 2.73. The molecule has 0 aliphatic rings. The van der Waals surface area contributed by atoms with Gasteiger partial charge in [-0.1, -0.05) is 112 Å². The summed E-state index contributed by atoms with van der Waals surface area (Å²) in [6, 6.07) is 0. The first kappa shape index (κ1) is 26.0. The van der Waals surface area contributed by atoms with Crippen molar-refractivity contribution in [3.8, 4) is 0 Å². The maximum Gasteiger partial charge on any atom is -0.00163 e. The van der Waals surface area contributed by atoms with Crippen molar-refractivity contribution in [2.45, 2.75) is 131 Å². The number of unbranched alkanes of at least 4 members (excludes halogenated alkanes) is 12. The van der Waals surface area contributed by atoms with Gasteiger partial charge in [0.15, 0.2) is 0 Å². The van der Waals surface area contributed by atoms with E-state index < -0.39 is 0 Å². The highest BCUT2D eigenvalue weighted by atomic mass is 15.1. The molecule has 0 aromatic rings. The highest BCUT2D eigenvalue weighted by Crippen LogP contribution is 2.13. The molecule has 0 amide bonds. The van der Waals surface area contributed by atoms with E-state index in [4.69, 9.17) is 0 Å². The standard InChI is InChI=1S/C25H53N/c1-6-7-8-9-10-11-12-13-14-15-16-17-18-21-26(22-19-24(2)3)23-20-25(4)5/h24-25H,6-23H2,1-5H3. The van der Waals surface area contributed by atoms with Crippen LogP contribution < -0.4 is 0 Å². The quantitative estimate of drug-likeness (QED) is 0.195. The van der Waals surface area contributed by atoms with Gasteiger partial charge < -0.3 is 4.90 Å². The van der Waals surface area contributed by atoms with Crippen LogP contribution in [0.3, 0.4) is 0 Å². The maximum absolute atomic E-state index is 2.73.